The molecule has 0 aromatic heterocycles. The summed E-state index contributed by atoms with van der Waals surface area (Å²) in [6.07, 6.45) is 3.82. The van der Waals surface area contributed by atoms with Crippen LogP contribution in [0.1, 0.15) is 30.9 Å². The molecule has 1 aliphatic heterocycles. The lowest BCUT2D eigenvalue weighted by molar-refractivity contribution is 0.0838. The predicted molar refractivity (Wildman–Crippen MR) is 100 cm³/mol. The fourth-order valence-electron chi connectivity index (χ4n) is 3.25. The molecule has 22 heavy (non-hydrogen) atoms. The van der Waals surface area contributed by atoms with E-state index < -0.39 is 0 Å². The van der Waals surface area contributed by atoms with Gasteiger partial charge in [0, 0.05) is 42.8 Å². The second-order valence-electron chi connectivity index (χ2n) is 5.68. The Morgan fingerprint density at radius 3 is 2.14 bits per heavy atom. The Balaban J connectivity index is 0.00000121. The maximum atomic E-state index is 6.48. The normalized spacial score (nSPS) is 20.5. The average Bonchev–Trinajstić information content (AvgIpc) is 2.41. The zero-order chi connectivity index (χ0) is 14.1. The largest absolute Gasteiger partial charge is 0.314 e. The van der Waals surface area contributed by atoms with E-state index in [1.54, 1.807) is 6.07 Å². The fourth-order valence-corrected chi connectivity index (χ4v) is 4.01. The molecule has 1 aromatic rings. The number of rotatable bonds is 3. The van der Waals surface area contributed by atoms with Gasteiger partial charge in [0.2, 0.25) is 0 Å². The summed E-state index contributed by atoms with van der Waals surface area (Å²) < 4.78 is 0. The first-order chi connectivity index (χ1) is 9.68. The van der Waals surface area contributed by atoms with Gasteiger partial charge < -0.3 is 5.32 Å². The van der Waals surface area contributed by atoms with Crippen LogP contribution in [-0.4, -0.2) is 31.1 Å². The van der Waals surface area contributed by atoms with Crippen molar-refractivity contribution in [2.45, 2.75) is 25.3 Å². The van der Waals surface area contributed by atoms with E-state index in [0.29, 0.717) is 22.0 Å². The summed E-state index contributed by atoms with van der Waals surface area (Å²) >= 11 is 19.1. The highest BCUT2D eigenvalue weighted by Crippen LogP contribution is 2.47. The highest BCUT2D eigenvalue weighted by atomic mass is 35.5. The van der Waals surface area contributed by atoms with Crippen molar-refractivity contribution in [1.82, 2.24) is 10.2 Å². The molecule has 2 nitrogen and oxygen atoms in total. The summed E-state index contributed by atoms with van der Waals surface area (Å²) in [4.78, 5) is 2.52. The number of benzene rings is 1. The number of nitrogens with zero attached hydrogens (tertiary/aromatic N) is 1. The Hall–Kier alpha value is 0.590. The molecular weight excluding hydrogens is 385 g/mol. The van der Waals surface area contributed by atoms with E-state index in [4.69, 9.17) is 34.8 Å². The number of nitrogens with one attached hydrogen (secondary N) is 1. The molecule has 1 saturated heterocycles. The van der Waals surface area contributed by atoms with Gasteiger partial charge >= 0.3 is 0 Å². The summed E-state index contributed by atoms with van der Waals surface area (Å²) in [6, 6.07) is 3.97. The van der Waals surface area contributed by atoms with Crippen molar-refractivity contribution >= 4 is 59.6 Å². The molecule has 126 valence electrons. The zero-order valence-corrected chi connectivity index (χ0v) is 16.1. The minimum Gasteiger partial charge on any atom is -0.314 e. The van der Waals surface area contributed by atoms with Gasteiger partial charge in [-0.15, -0.1) is 24.8 Å². The first-order valence-corrected chi connectivity index (χ1v) is 8.40. The molecule has 2 fully saturated rings. The van der Waals surface area contributed by atoms with Crippen LogP contribution in [0.5, 0.6) is 0 Å². The van der Waals surface area contributed by atoms with Crippen molar-refractivity contribution in [2.24, 2.45) is 5.92 Å². The summed E-state index contributed by atoms with van der Waals surface area (Å²) in [7, 11) is 0. The second-order valence-corrected chi connectivity index (χ2v) is 6.87. The number of hydrogen-bond donors (Lipinski definition) is 1. The van der Waals surface area contributed by atoms with Crippen LogP contribution in [0.3, 0.4) is 0 Å². The highest BCUT2D eigenvalue weighted by molar-refractivity contribution is 6.44. The van der Waals surface area contributed by atoms with Crippen LogP contribution in [0.15, 0.2) is 12.1 Å². The van der Waals surface area contributed by atoms with Crippen molar-refractivity contribution in [3.63, 3.8) is 0 Å². The third-order valence-electron chi connectivity index (χ3n) is 4.52. The third kappa shape index (κ3) is 4.16. The molecular formula is C15H21Cl5N2. The molecule has 0 spiro atoms. The molecule has 1 heterocycles. The lowest BCUT2D eigenvalue weighted by Gasteiger charge is -2.44. The quantitative estimate of drug-likeness (QED) is 0.691. The van der Waals surface area contributed by atoms with Gasteiger partial charge in [-0.2, -0.15) is 0 Å². The zero-order valence-electron chi connectivity index (χ0n) is 12.2. The Morgan fingerprint density at radius 2 is 1.59 bits per heavy atom. The molecule has 2 aliphatic rings. The average molecular weight is 407 g/mol. The number of piperazine rings is 1. The Kier molecular flexibility index (Phi) is 8.60. The molecule has 1 aromatic carbocycles. The van der Waals surface area contributed by atoms with Gasteiger partial charge in [-0.3, -0.25) is 4.90 Å². The van der Waals surface area contributed by atoms with Crippen LogP contribution in [0.4, 0.5) is 0 Å². The molecule has 1 N–H and O–H groups in total. The maximum absolute atomic E-state index is 6.48. The minimum absolute atomic E-state index is 0. The van der Waals surface area contributed by atoms with E-state index in [-0.39, 0.29) is 24.8 Å². The summed E-state index contributed by atoms with van der Waals surface area (Å²) in [5, 5.41) is 5.38. The van der Waals surface area contributed by atoms with Crippen molar-refractivity contribution in [2.75, 3.05) is 26.2 Å². The van der Waals surface area contributed by atoms with E-state index in [1.165, 1.54) is 19.3 Å². The van der Waals surface area contributed by atoms with Crippen LogP contribution in [0.25, 0.3) is 0 Å². The van der Waals surface area contributed by atoms with Crippen molar-refractivity contribution in [1.29, 1.82) is 0 Å². The molecule has 0 unspecified atom stereocenters. The van der Waals surface area contributed by atoms with E-state index in [1.807, 2.05) is 6.07 Å². The lowest BCUT2D eigenvalue weighted by atomic mass is 9.76. The van der Waals surface area contributed by atoms with Gasteiger partial charge in [-0.25, -0.2) is 0 Å². The molecule has 7 heteroatoms. The van der Waals surface area contributed by atoms with Crippen LogP contribution in [0.2, 0.25) is 15.1 Å². The van der Waals surface area contributed by atoms with E-state index >= 15 is 0 Å². The van der Waals surface area contributed by atoms with Gasteiger partial charge in [0.05, 0.1) is 10.0 Å². The van der Waals surface area contributed by atoms with Gasteiger partial charge in [-0.1, -0.05) is 41.2 Å². The first kappa shape index (κ1) is 20.6. The van der Waals surface area contributed by atoms with Crippen molar-refractivity contribution < 1.29 is 0 Å². The highest BCUT2D eigenvalue weighted by Gasteiger charge is 2.36. The van der Waals surface area contributed by atoms with Crippen LogP contribution >= 0.6 is 59.6 Å². The van der Waals surface area contributed by atoms with Gasteiger partial charge in [-0.05, 0) is 30.9 Å². The summed E-state index contributed by atoms with van der Waals surface area (Å²) in [6.45, 7) is 4.14. The predicted octanol–water partition coefficient (Wildman–Crippen LogP) is 5.24. The van der Waals surface area contributed by atoms with E-state index in [9.17, 15) is 0 Å². The van der Waals surface area contributed by atoms with Crippen LogP contribution in [-0.2, 0) is 0 Å². The SMILES string of the molecule is Cl.Cl.Clc1ccc(Cl)c([C@@H](C2CCC2)N2CCNCC2)c1Cl. The topological polar surface area (TPSA) is 15.3 Å². The molecule has 1 saturated carbocycles. The fraction of sp³-hybridized carbons (Fsp3) is 0.600. The van der Waals surface area contributed by atoms with Crippen LogP contribution < -0.4 is 5.32 Å². The summed E-state index contributed by atoms with van der Waals surface area (Å²) in [5.41, 5.74) is 1.03. The third-order valence-corrected chi connectivity index (χ3v) is 5.67. The van der Waals surface area contributed by atoms with Gasteiger partial charge in [0.15, 0.2) is 0 Å². The molecule has 1 aliphatic carbocycles. The minimum atomic E-state index is 0. The van der Waals surface area contributed by atoms with Gasteiger partial charge in [0.1, 0.15) is 0 Å². The molecule has 0 bridgehead atoms. The van der Waals surface area contributed by atoms with Gasteiger partial charge in [0.25, 0.3) is 0 Å². The Bertz CT molecular complexity index is 487. The van der Waals surface area contributed by atoms with Crippen LogP contribution in [0, 0.1) is 5.92 Å². The maximum Gasteiger partial charge on any atom is 0.0655 e. The molecule has 1 atom stereocenters. The van der Waals surface area contributed by atoms with Crippen molar-refractivity contribution in [3.8, 4) is 0 Å². The standard InChI is InChI=1S/C15H19Cl3N2.2ClH/c16-11-4-5-12(17)14(18)13(11)15(10-2-1-3-10)20-8-6-19-7-9-20;;/h4-5,10,15,19H,1-3,6-9H2;2*1H/t15-;;/m1../s1. The smallest absolute Gasteiger partial charge is 0.0655 e. The molecule has 0 amide bonds. The lowest BCUT2D eigenvalue weighted by Crippen LogP contribution is -2.48. The molecule has 3 rings (SSSR count). The number of halogens is 5. The first-order valence-electron chi connectivity index (χ1n) is 7.26. The second kappa shape index (κ2) is 9.17. The van der Waals surface area contributed by atoms with E-state index in [0.717, 1.165) is 36.8 Å². The Morgan fingerprint density at radius 1 is 1.00 bits per heavy atom. The van der Waals surface area contributed by atoms with Crippen molar-refractivity contribution in [3.05, 3.63) is 32.8 Å². The summed E-state index contributed by atoms with van der Waals surface area (Å²) in [5.74, 6) is 0.654. The number of hydrogen-bond acceptors (Lipinski definition) is 2. The monoisotopic (exact) mass is 404 g/mol. The van der Waals surface area contributed by atoms with E-state index in [2.05, 4.69) is 10.2 Å². The molecule has 0 radical (unpaired) electrons. The Labute approximate surface area is 159 Å².